The molecular formula is C19H30N2O4. The van der Waals surface area contributed by atoms with Gasteiger partial charge in [-0.2, -0.15) is 0 Å². The monoisotopic (exact) mass is 350 g/mol. The van der Waals surface area contributed by atoms with Crippen LogP contribution in [0.1, 0.15) is 25.8 Å². The summed E-state index contributed by atoms with van der Waals surface area (Å²) >= 11 is 0. The molecule has 0 saturated carbocycles. The molecule has 6 heteroatoms. The third-order valence-corrected chi connectivity index (χ3v) is 4.67. The van der Waals surface area contributed by atoms with Crippen molar-refractivity contribution in [1.82, 2.24) is 10.2 Å². The molecule has 1 aliphatic rings. The van der Waals surface area contributed by atoms with E-state index >= 15 is 0 Å². The second kappa shape index (κ2) is 9.06. The normalized spacial score (nSPS) is 15.7. The number of nitrogens with one attached hydrogen (secondary N) is 1. The van der Waals surface area contributed by atoms with Crippen molar-refractivity contribution in [3.8, 4) is 11.5 Å². The molecule has 0 aliphatic carbocycles. The Morgan fingerprint density at radius 1 is 1.20 bits per heavy atom. The third kappa shape index (κ3) is 5.61. The lowest BCUT2D eigenvalue weighted by Gasteiger charge is -2.40. The van der Waals surface area contributed by atoms with E-state index in [1.165, 1.54) is 0 Å². The number of methoxy groups -OCH3 is 2. The molecule has 0 spiro atoms. The molecular weight excluding hydrogens is 320 g/mol. The van der Waals surface area contributed by atoms with E-state index in [0.717, 1.165) is 31.9 Å². The maximum Gasteiger partial charge on any atom is 0.220 e. The van der Waals surface area contributed by atoms with E-state index in [0.29, 0.717) is 30.9 Å². The molecule has 1 aromatic rings. The number of benzene rings is 1. The van der Waals surface area contributed by atoms with Gasteiger partial charge in [-0.15, -0.1) is 0 Å². The van der Waals surface area contributed by atoms with Crippen molar-refractivity contribution in [2.75, 3.05) is 47.1 Å². The number of carbonyl (C=O) groups is 1. The van der Waals surface area contributed by atoms with Crippen molar-refractivity contribution >= 4 is 5.91 Å². The Kier molecular flexibility index (Phi) is 7.08. The SMILES string of the molecule is COc1ccc(CCC(=O)NCC(C)(C)N2CCOCC2)cc1OC. The summed E-state index contributed by atoms with van der Waals surface area (Å²) in [4.78, 5) is 14.6. The number of ether oxygens (including phenoxy) is 3. The number of hydrogen-bond donors (Lipinski definition) is 1. The number of carbonyl (C=O) groups excluding carboxylic acids is 1. The molecule has 6 nitrogen and oxygen atoms in total. The Balaban J connectivity index is 1.80. The molecule has 0 aromatic heterocycles. The van der Waals surface area contributed by atoms with Crippen LogP contribution in [0.5, 0.6) is 11.5 Å². The number of rotatable bonds is 8. The zero-order valence-corrected chi connectivity index (χ0v) is 15.8. The highest BCUT2D eigenvalue weighted by atomic mass is 16.5. The summed E-state index contributed by atoms with van der Waals surface area (Å²) in [6.07, 6.45) is 1.12. The van der Waals surface area contributed by atoms with Gasteiger partial charge >= 0.3 is 0 Å². The highest BCUT2D eigenvalue weighted by Crippen LogP contribution is 2.27. The van der Waals surface area contributed by atoms with Crippen LogP contribution in [0.25, 0.3) is 0 Å². The summed E-state index contributed by atoms with van der Waals surface area (Å²) in [6, 6.07) is 5.75. The highest BCUT2D eigenvalue weighted by Gasteiger charge is 2.28. The van der Waals surface area contributed by atoms with E-state index in [1.807, 2.05) is 18.2 Å². The molecule has 1 N–H and O–H groups in total. The van der Waals surface area contributed by atoms with Crippen molar-refractivity contribution in [1.29, 1.82) is 0 Å². The predicted molar refractivity (Wildman–Crippen MR) is 97.3 cm³/mol. The average molecular weight is 350 g/mol. The molecule has 0 unspecified atom stereocenters. The van der Waals surface area contributed by atoms with Crippen LogP contribution >= 0.6 is 0 Å². The van der Waals surface area contributed by atoms with Crippen molar-refractivity contribution in [2.45, 2.75) is 32.2 Å². The van der Waals surface area contributed by atoms with Crippen molar-refractivity contribution < 1.29 is 19.0 Å². The Morgan fingerprint density at radius 2 is 1.88 bits per heavy atom. The first-order valence-corrected chi connectivity index (χ1v) is 8.76. The zero-order chi connectivity index (χ0) is 18.3. The van der Waals surface area contributed by atoms with Crippen molar-refractivity contribution in [3.63, 3.8) is 0 Å². The van der Waals surface area contributed by atoms with E-state index in [1.54, 1.807) is 14.2 Å². The molecule has 0 radical (unpaired) electrons. The zero-order valence-electron chi connectivity index (χ0n) is 15.8. The van der Waals surface area contributed by atoms with Crippen molar-refractivity contribution in [2.24, 2.45) is 0 Å². The number of nitrogens with zero attached hydrogens (tertiary/aromatic N) is 1. The third-order valence-electron chi connectivity index (χ3n) is 4.67. The van der Waals surface area contributed by atoms with Gasteiger partial charge in [-0.3, -0.25) is 9.69 Å². The molecule has 25 heavy (non-hydrogen) atoms. The molecule has 1 saturated heterocycles. The van der Waals surface area contributed by atoms with E-state index in [4.69, 9.17) is 14.2 Å². The summed E-state index contributed by atoms with van der Waals surface area (Å²) in [5.74, 6) is 1.45. The first-order chi connectivity index (χ1) is 12.0. The summed E-state index contributed by atoms with van der Waals surface area (Å²) in [5.41, 5.74) is 0.989. The highest BCUT2D eigenvalue weighted by molar-refractivity contribution is 5.76. The predicted octanol–water partition coefficient (Wildman–Crippen LogP) is 1.86. The quantitative estimate of drug-likeness (QED) is 0.775. The standard InChI is InChI=1S/C19H30N2O4/c1-19(2,21-9-11-25-12-10-21)14-20-18(22)8-6-15-5-7-16(23-3)17(13-15)24-4/h5,7,13H,6,8-12,14H2,1-4H3,(H,20,22). The van der Waals surface area contributed by atoms with Gasteiger partial charge in [0.15, 0.2) is 11.5 Å². The van der Waals surface area contributed by atoms with Crippen LogP contribution in [0.2, 0.25) is 0 Å². The fraction of sp³-hybridized carbons (Fsp3) is 0.632. The van der Waals surface area contributed by atoms with Crippen LogP contribution < -0.4 is 14.8 Å². The van der Waals surface area contributed by atoms with Crippen LogP contribution in [0, 0.1) is 0 Å². The minimum Gasteiger partial charge on any atom is -0.493 e. The van der Waals surface area contributed by atoms with Gasteiger partial charge in [0.1, 0.15) is 0 Å². The average Bonchev–Trinajstić information content (AvgIpc) is 2.65. The molecule has 0 atom stereocenters. The first kappa shape index (κ1) is 19.5. The van der Waals surface area contributed by atoms with Crippen LogP contribution in [-0.2, 0) is 16.0 Å². The lowest BCUT2D eigenvalue weighted by Crippen LogP contribution is -2.55. The Labute approximate surface area is 150 Å². The number of morpholine rings is 1. The Bertz CT molecular complexity index is 569. The van der Waals surface area contributed by atoms with Gasteiger partial charge in [-0.05, 0) is 38.0 Å². The fourth-order valence-electron chi connectivity index (χ4n) is 2.98. The lowest BCUT2D eigenvalue weighted by molar-refractivity contribution is -0.121. The van der Waals surface area contributed by atoms with Crippen LogP contribution in [0.4, 0.5) is 0 Å². The largest absolute Gasteiger partial charge is 0.493 e. The summed E-state index contributed by atoms with van der Waals surface area (Å²) in [7, 11) is 3.23. The molecule has 1 fully saturated rings. The Morgan fingerprint density at radius 3 is 2.52 bits per heavy atom. The van der Waals surface area contributed by atoms with Gasteiger partial charge in [0.2, 0.25) is 5.91 Å². The molecule has 1 aromatic carbocycles. The summed E-state index contributed by atoms with van der Waals surface area (Å²) in [6.45, 7) is 8.30. The number of aryl methyl sites for hydroxylation is 1. The molecule has 1 amide bonds. The number of amides is 1. The molecule has 1 aliphatic heterocycles. The van der Waals surface area contributed by atoms with E-state index < -0.39 is 0 Å². The van der Waals surface area contributed by atoms with Gasteiger partial charge in [-0.1, -0.05) is 6.07 Å². The maximum atomic E-state index is 12.2. The van der Waals surface area contributed by atoms with Gasteiger partial charge in [0, 0.05) is 31.6 Å². The van der Waals surface area contributed by atoms with Crippen LogP contribution in [0.3, 0.4) is 0 Å². The second-order valence-electron chi connectivity index (χ2n) is 6.88. The van der Waals surface area contributed by atoms with Crippen molar-refractivity contribution in [3.05, 3.63) is 23.8 Å². The van der Waals surface area contributed by atoms with Crippen LogP contribution in [-0.4, -0.2) is 63.4 Å². The summed E-state index contributed by atoms with van der Waals surface area (Å²) < 4.78 is 15.9. The summed E-state index contributed by atoms with van der Waals surface area (Å²) in [5, 5.41) is 3.06. The lowest BCUT2D eigenvalue weighted by atomic mass is 10.0. The molecule has 1 heterocycles. The Hall–Kier alpha value is -1.79. The maximum absolute atomic E-state index is 12.2. The molecule has 140 valence electrons. The second-order valence-corrected chi connectivity index (χ2v) is 6.88. The van der Waals surface area contributed by atoms with Gasteiger partial charge in [0.25, 0.3) is 0 Å². The van der Waals surface area contributed by atoms with E-state index in [9.17, 15) is 4.79 Å². The van der Waals surface area contributed by atoms with Gasteiger partial charge < -0.3 is 19.5 Å². The van der Waals surface area contributed by atoms with E-state index in [-0.39, 0.29) is 11.4 Å². The number of hydrogen-bond acceptors (Lipinski definition) is 5. The smallest absolute Gasteiger partial charge is 0.220 e. The molecule has 2 rings (SSSR count). The van der Waals surface area contributed by atoms with E-state index in [2.05, 4.69) is 24.1 Å². The topological polar surface area (TPSA) is 60.0 Å². The van der Waals surface area contributed by atoms with Gasteiger partial charge in [-0.25, -0.2) is 0 Å². The minimum absolute atomic E-state index is 0.0659. The molecule has 0 bridgehead atoms. The van der Waals surface area contributed by atoms with Crippen LogP contribution in [0.15, 0.2) is 18.2 Å². The minimum atomic E-state index is -0.0667. The van der Waals surface area contributed by atoms with Gasteiger partial charge in [0.05, 0.1) is 27.4 Å². The first-order valence-electron chi connectivity index (χ1n) is 8.76. The fourth-order valence-corrected chi connectivity index (χ4v) is 2.98.